The lowest BCUT2D eigenvalue weighted by molar-refractivity contribution is -0.117. The van der Waals surface area contributed by atoms with Crippen molar-refractivity contribution < 1.29 is 14.3 Å². The van der Waals surface area contributed by atoms with Crippen LogP contribution in [0, 0.1) is 6.92 Å². The number of rotatable bonds is 5. The summed E-state index contributed by atoms with van der Waals surface area (Å²) in [4.78, 5) is 25.2. The number of carbonyl (C=O) groups excluding carboxylic acids is 2. The Hall–Kier alpha value is -3.07. The van der Waals surface area contributed by atoms with Gasteiger partial charge in [-0.1, -0.05) is 22.0 Å². The van der Waals surface area contributed by atoms with Gasteiger partial charge in [-0.05, 0) is 54.1 Å². The van der Waals surface area contributed by atoms with Crippen molar-refractivity contribution in [3.63, 3.8) is 0 Å². The fourth-order valence-electron chi connectivity index (χ4n) is 2.34. The zero-order valence-corrected chi connectivity index (χ0v) is 16.2. The number of aryl methyl sites for hydroxylation is 1. The zero-order chi connectivity index (χ0) is 19.4. The fraction of sp³-hybridized carbons (Fsp3) is 0.167. The standard InChI is InChI=1S/C18H16BrN5O3/c1-11-3-4-13(18(26)27-2)9-15(11)20-16(25)10-24-22-17(21-23-24)12-5-7-14(19)8-6-12/h3-9H,10H2,1-2H3,(H,20,25). The first-order valence-corrected chi connectivity index (χ1v) is 8.78. The minimum absolute atomic E-state index is 0.106. The van der Waals surface area contributed by atoms with E-state index < -0.39 is 5.97 Å². The molecule has 0 aliphatic carbocycles. The number of nitrogens with one attached hydrogen (secondary N) is 1. The highest BCUT2D eigenvalue weighted by Crippen LogP contribution is 2.19. The van der Waals surface area contributed by atoms with Gasteiger partial charge in [-0.2, -0.15) is 4.80 Å². The number of halogens is 1. The molecule has 2 aromatic carbocycles. The number of benzene rings is 2. The first-order valence-electron chi connectivity index (χ1n) is 7.99. The Labute approximate surface area is 163 Å². The normalized spacial score (nSPS) is 10.5. The van der Waals surface area contributed by atoms with Crippen molar-refractivity contribution in [1.29, 1.82) is 0 Å². The second-order valence-electron chi connectivity index (χ2n) is 5.72. The van der Waals surface area contributed by atoms with Crippen molar-refractivity contribution in [1.82, 2.24) is 20.2 Å². The molecule has 1 aromatic heterocycles. The molecule has 1 heterocycles. The Kier molecular flexibility index (Phi) is 5.60. The van der Waals surface area contributed by atoms with Crippen molar-refractivity contribution >= 4 is 33.5 Å². The molecule has 8 nitrogen and oxygen atoms in total. The number of tetrazole rings is 1. The average Bonchev–Trinajstić information content (AvgIpc) is 3.11. The maximum Gasteiger partial charge on any atom is 0.337 e. The molecule has 0 atom stereocenters. The van der Waals surface area contributed by atoms with Crippen LogP contribution >= 0.6 is 15.9 Å². The number of hydrogen-bond donors (Lipinski definition) is 1. The molecule has 0 fully saturated rings. The van der Waals surface area contributed by atoms with Crippen molar-refractivity contribution in [2.24, 2.45) is 0 Å². The van der Waals surface area contributed by atoms with Gasteiger partial charge in [-0.3, -0.25) is 4.79 Å². The van der Waals surface area contributed by atoms with Crippen molar-refractivity contribution in [2.45, 2.75) is 13.5 Å². The molecule has 0 aliphatic rings. The van der Waals surface area contributed by atoms with Crippen LogP contribution in [0.4, 0.5) is 5.69 Å². The van der Waals surface area contributed by atoms with Crippen molar-refractivity contribution in [3.05, 3.63) is 58.1 Å². The van der Waals surface area contributed by atoms with Crippen LogP contribution < -0.4 is 5.32 Å². The van der Waals surface area contributed by atoms with E-state index >= 15 is 0 Å². The van der Waals surface area contributed by atoms with Crippen LogP contribution in [0.3, 0.4) is 0 Å². The number of amides is 1. The molecule has 3 aromatic rings. The second-order valence-corrected chi connectivity index (χ2v) is 6.64. The molecule has 27 heavy (non-hydrogen) atoms. The summed E-state index contributed by atoms with van der Waals surface area (Å²) < 4.78 is 5.64. The van der Waals surface area contributed by atoms with Gasteiger partial charge in [0, 0.05) is 15.7 Å². The second kappa shape index (κ2) is 8.09. The summed E-state index contributed by atoms with van der Waals surface area (Å²) in [5.74, 6) is -0.373. The van der Waals surface area contributed by atoms with E-state index in [4.69, 9.17) is 4.74 Å². The lowest BCUT2D eigenvalue weighted by Gasteiger charge is -2.09. The third kappa shape index (κ3) is 4.56. The van der Waals surface area contributed by atoms with Gasteiger partial charge < -0.3 is 10.1 Å². The van der Waals surface area contributed by atoms with E-state index in [1.807, 2.05) is 31.2 Å². The zero-order valence-electron chi connectivity index (χ0n) is 14.6. The van der Waals surface area contributed by atoms with Crippen LogP contribution in [0.5, 0.6) is 0 Å². The molecule has 0 radical (unpaired) electrons. The Morgan fingerprint density at radius 1 is 1.19 bits per heavy atom. The molecule has 1 N–H and O–H groups in total. The van der Waals surface area contributed by atoms with Gasteiger partial charge >= 0.3 is 5.97 Å². The number of hydrogen-bond acceptors (Lipinski definition) is 6. The smallest absolute Gasteiger partial charge is 0.337 e. The molecular formula is C18H16BrN5O3. The third-order valence-electron chi connectivity index (χ3n) is 3.77. The van der Waals surface area contributed by atoms with E-state index in [2.05, 4.69) is 36.7 Å². The summed E-state index contributed by atoms with van der Waals surface area (Å²) in [7, 11) is 1.31. The number of carbonyl (C=O) groups is 2. The molecule has 3 rings (SSSR count). The first-order chi connectivity index (χ1) is 13.0. The molecule has 0 spiro atoms. The Morgan fingerprint density at radius 3 is 2.63 bits per heavy atom. The van der Waals surface area contributed by atoms with Crippen LogP contribution in [0.2, 0.25) is 0 Å². The number of ether oxygens (including phenoxy) is 1. The predicted octanol–water partition coefficient (Wildman–Crippen LogP) is 2.84. The number of methoxy groups -OCH3 is 1. The minimum atomic E-state index is -0.470. The van der Waals surface area contributed by atoms with E-state index in [9.17, 15) is 9.59 Å². The van der Waals surface area contributed by atoms with E-state index in [1.165, 1.54) is 11.9 Å². The van der Waals surface area contributed by atoms with Crippen molar-refractivity contribution in [3.8, 4) is 11.4 Å². The molecule has 138 valence electrons. The molecule has 1 amide bonds. The highest BCUT2D eigenvalue weighted by molar-refractivity contribution is 9.10. The highest BCUT2D eigenvalue weighted by atomic mass is 79.9. The van der Waals surface area contributed by atoms with Gasteiger partial charge in [0.2, 0.25) is 11.7 Å². The average molecular weight is 430 g/mol. The van der Waals surface area contributed by atoms with Crippen LogP contribution in [0.15, 0.2) is 46.9 Å². The monoisotopic (exact) mass is 429 g/mol. The van der Waals surface area contributed by atoms with Gasteiger partial charge in [0.05, 0.1) is 12.7 Å². The summed E-state index contributed by atoms with van der Waals surface area (Å²) >= 11 is 3.37. The molecular weight excluding hydrogens is 414 g/mol. The van der Waals surface area contributed by atoms with Gasteiger partial charge in [-0.25, -0.2) is 4.79 Å². The molecule has 9 heteroatoms. The lowest BCUT2D eigenvalue weighted by Crippen LogP contribution is -2.21. The van der Waals surface area contributed by atoms with Crippen LogP contribution in [-0.4, -0.2) is 39.2 Å². The molecule has 0 saturated carbocycles. The Balaban J connectivity index is 1.70. The lowest BCUT2D eigenvalue weighted by atomic mass is 10.1. The minimum Gasteiger partial charge on any atom is -0.465 e. The summed E-state index contributed by atoms with van der Waals surface area (Å²) in [6.45, 7) is 1.72. The quantitative estimate of drug-likeness (QED) is 0.625. The summed E-state index contributed by atoms with van der Waals surface area (Å²) in [6, 6.07) is 12.4. The number of aromatic nitrogens is 4. The van der Waals surface area contributed by atoms with E-state index in [0.29, 0.717) is 17.1 Å². The topological polar surface area (TPSA) is 99.0 Å². The largest absolute Gasteiger partial charge is 0.465 e. The van der Waals surface area contributed by atoms with E-state index in [1.54, 1.807) is 18.2 Å². The number of nitrogens with zero attached hydrogens (tertiary/aromatic N) is 4. The van der Waals surface area contributed by atoms with Gasteiger partial charge in [-0.15, -0.1) is 10.2 Å². The SMILES string of the molecule is COC(=O)c1ccc(C)c(NC(=O)Cn2nnc(-c3ccc(Br)cc3)n2)c1. The summed E-state index contributed by atoms with van der Waals surface area (Å²) in [6.07, 6.45) is 0. The van der Waals surface area contributed by atoms with Crippen molar-refractivity contribution in [2.75, 3.05) is 12.4 Å². The third-order valence-corrected chi connectivity index (χ3v) is 4.30. The van der Waals surface area contributed by atoms with Crippen LogP contribution in [0.25, 0.3) is 11.4 Å². The van der Waals surface area contributed by atoms with Crippen LogP contribution in [0.1, 0.15) is 15.9 Å². The number of anilines is 1. The molecule has 0 aliphatic heterocycles. The summed E-state index contributed by atoms with van der Waals surface area (Å²) in [5.41, 5.74) is 2.50. The van der Waals surface area contributed by atoms with E-state index in [-0.39, 0.29) is 12.5 Å². The van der Waals surface area contributed by atoms with E-state index in [0.717, 1.165) is 15.6 Å². The van der Waals surface area contributed by atoms with Gasteiger partial charge in [0.25, 0.3) is 0 Å². The highest BCUT2D eigenvalue weighted by Gasteiger charge is 2.13. The molecule has 0 bridgehead atoms. The van der Waals surface area contributed by atoms with Gasteiger partial charge in [0.15, 0.2) is 0 Å². The predicted molar refractivity (Wildman–Crippen MR) is 102 cm³/mol. The Bertz CT molecular complexity index is 985. The molecule has 0 unspecified atom stereocenters. The summed E-state index contributed by atoms with van der Waals surface area (Å²) in [5, 5.41) is 14.8. The fourth-order valence-corrected chi connectivity index (χ4v) is 2.61. The number of esters is 1. The first kappa shape index (κ1) is 18.7. The Morgan fingerprint density at radius 2 is 1.93 bits per heavy atom. The maximum atomic E-state index is 12.3. The van der Waals surface area contributed by atoms with Gasteiger partial charge in [0.1, 0.15) is 6.54 Å². The molecule has 0 saturated heterocycles. The maximum absolute atomic E-state index is 12.3. The van der Waals surface area contributed by atoms with Crippen LogP contribution in [-0.2, 0) is 16.1 Å².